The smallest absolute Gasteiger partial charge is 0.303 e. The van der Waals surface area contributed by atoms with E-state index in [1.807, 2.05) is 91.0 Å². The zero-order valence-electron chi connectivity index (χ0n) is 30.6. The molecular formula is C40H46O13S. The summed E-state index contributed by atoms with van der Waals surface area (Å²) in [4.78, 5) is 36.8. The number of carbonyl (C=O) groups excluding carboxylic acids is 3. The minimum absolute atomic E-state index is 0.148. The maximum Gasteiger partial charge on any atom is 0.303 e. The van der Waals surface area contributed by atoms with Crippen molar-refractivity contribution in [3.63, 3.8) is 0 Å². The van der Waals surface area contributed by atoms with E-state index in [1.165, 1.54) is 39.6 Å². The van der Waals surface area contributed by atoms with Gasteiger partial charge in [0.2, 0.25) is 0 Å². The Morgan fingerprint density at radius 1 is 0.648 bits per heavy atom. The maximum atomic E-state index is 12.4. The Morgan fingerprint density at radius 2 is 1.19 bits per heavy atom. The van der Waals surface area contributed by atoms with E-state index in [1.54, 1.807) is 0 Å². The quantitative estimate of drug-likeness (QED) is 0.162. The molecule has 0 unspecified atom stereocenters. The second kappa shape index (κ2) is 19.1. The number of thioether (sulfide) groups is 1. The summed E-state index contributed by atoms with van der Waals surface area (Å²) < 4.78 is 61.7. The predicted octanol–water partition coefficient (Wildman–Crippen LogP) is 4.90. The van der Waals surface area contributed by atoms with Crippen molar-refractivity contribution in [3.05, 3.63) is 108 Å². The lowest BCUT2D eigenvalue weighted by atomic mass is 9.98. The monoisotopic (exact) mass is 766 g/mol. The summed E-state index contributed by atoms with van der Waals surface area (Å²) in [6.45, 7) is 4.42. The molecule has 3 fully saturated rings. The van der Waals surface area contributed by atoms with Gasteiger partial charge in [0.15, 0.2) is 30.9 Å². The predicted molar refractivity (Wildman–Crippen MR) is 193 cm³/mol. The maximum absolute atomic E-state index is 12.4. The molecule has 0 amide bonds. The van der Waals surface area contributed by atoms with Crippen LogP contribution in [0, 0.1) is 0 Å². The fraction of sp³-hybridized carbons (Fsp3) is 0.475. The molecule has 0 aromatic heterocycles. The zero-order chi connectivity index (χ0) is 38.0. The second-order valence-electron chi connectivity index (χ2n) is 13.1. The summed E-state index contributed by atoms with van der Waals surface area (Å²) in [6, 6.07) is 29.3. The number of fused-ring (bicyclic) bond motifs is 1. The molecule has 54 heavy (non-hydrogen) atoms. The van der Waals surface area contributed by atoms with Crippen molar-refractivity contribution in [3.8, 4) is 0 Å². The van der Waals surface area contributed by atoms with Crippen LogP contribution in [0.25, 0.3) is 0 Å². The van der Waals surface area contributed by atoms with Gasteiger partial charge in [0, 0.05) is 39.2 Å². The molecule has 0 radical (unpaired) electrons. The van der Waals surface area contributed by atoms with Crippen LogP contribution in [0.3, 0.4) is 0 Å². The molecule has 14 heteroatoms. The Bertz CT molecular complexity index is 1650. The van der Waals surface area contributed by atoms with Gasteiger partial charge in [0.1, 0.15) is 36.0 Å². The molecule has 3 aromatic rings. The minimum Gasteiger partial charge on any atom is -0.456 e. The molecular weight excluding hydrogens is 720 g/mol. The van der Waals surface area contributed by atoms with Gasteiger partial charge in [-0.1, -0.05) is 91.0 Å². The Hall–Kier alpha value is -3.86. The van der Waals surface area contributed by atoms with Crippen molar-refractivity contribution in [2.75, 3.05) is 19.5 Å². The third-order valence-corrected chi connectivity index (χ3v) is 10.3. The van der Waals surface area contributed by atoms with Crippen LogP contribution in [0.15, 0.2) is 91.0 Å². The third kappa shape index (κ3) is 10.3. The van der Waals surface area contributed by atoms with Crippen molar-refractivity contribution < 1.29 is 61.8 Å². The number of carbonyl (C=O) groups is 3. The van der Waals surface area contributed by atoms with Gasteiger partial charge in [0.05, 0.1) is 19.8 Å². The summed E-state index contributed by atoms with van der Waals surface area (Å²) in [6.07, 6.45) is -8.69. The molecule has 0 spiro atoms. The van der Waals surface area contributed by atoms with E-state index in [2.05, 4.69) is 0 Å². The van der Waals surface area contributed by atoms with Crippen molar-refractivity contribution in [1.29, 1.82) is 0 Å². The van der Waals surface area contributed by atoms with Gasteiger partial charge >= 0.3 is 17.9 Å². The summed E-state index contributed by atoms with van der Waals surface area (Å²) >= 11 is 1.35. The third-order valence-electron chi connectivity index (χ3n) is 9.08. The number of ether oxygens (including phenoxy) is 10. The number of benzene rings is 3. The lowest BCUT2D eigenvalue weighted by Crippen LogP contribution is -2.63. The van der Waals surface area contributed by atoms with Crippen LogP contribution in [-0.2, 0) is 75.0 Å². The molecule has 3 aliphatic heterocycles. The Labute approximate surface area is 318 Å². The van der Waals surface area contributed by atoms with E-state index in [0.717, 1.165) is 16.7 Å². The van der Waals surface area contributed by atoms with E-state index in [9.17, 15) is 14.4 Å². The van der Waals surface area contributed by atoms with Crippen LogP contribution in [0.5, 0.6) is 0 Å². The van der Waals surface area contributed by atoms with E-state index < -0.39 is 84.8 Å². The summed E-state index contributed by atoms with van der Waals surface area (Å²) in [7, 11) is 1.38. The van der Waals surface area contributed by atoms with Crippen LogP contribution in [0.2, 0.25) is 0 Å². The standard InChI is InChI=1S/C40H46O13S/c1-24(41)48-33-31(51-39(44-4)36(50-26(3)43)35(33)49-25(2)42)23-54-40-37(46-21-28-16-10-6-11-17-28)34(45-20-27-14-8-5-9-15-27)32-30(52-40)22-47-38(53-32)29-18-12-7-13-19-29/h5-19,30-40H,20-23H2,1-4H3/t30-,31-,32-,33-,34+,35+,36-,37+,38-,39+,40+/m1/s1. The lowest BCUT2D eigenvalue weighted by Gasteiger charge is -2.49. The molecule has 0 N–H and O–H groups in total. The topological polar surface area (TPSA) is 144 Å². The normalized spacial score (nSPS) is 30.8. The molecule has 3 aromatic carbocycles. The van der Waals surface area contributed by atoms with Crippen molar-refractivity contribution in [2.45, 2.75) is 101 Å². The highest BCUT2D eigenvalue weighted by molar-refractivity contribution is 7.99. The highest BCUT2D eigenvalue weighted by Gasteiger charge is 2.54. The molecule has 0 aliphatic carbocycles. The number of hydrogen-bond donors (Lipinski definition) is 0. The molecule has 290 valence electrons. The van der Waals surface area contributed by atoms with E-state index in [4.69, 9.17) is 47.4 Å². The molecule has 3 aliphatic rings. The van der Waals surface area contributed by atoms with Crippen LogP contribution < -0.4 is 0 Å². The average Bonchev–Trinajstić information content (AvgIpc) is 3.17. The number of rotatable bonds is 14. The lowest BCUT2D eigenvalue weighted by molar-refractivity contribution is -0.329. The summed E-state index contributed by atoms with van der Waals surface area (Å²) in [5.74, 6) is -1.82. The van der Waals surface area contributed by atoms with Gasteiger partial charge in [-0.2, -0.15) is 0 Å². The van der Waals surface area contributed by atoms with Gasteiger partial charge in [-0.3, -0.25) is 14.4 Å². The fourth-order valence-corrected chi connectivity index (χ4v) is 8.02. The first-order valence-corrected chi connectivity index (χ1v) is 18.8. The zero-order valence-corrected chi connectivity index (χ0v) is 31.4. The number of methoxy groups -OCH3 is 1. The van der Waals surface area contributed by atoms with E-state index >= 15 is 0 Å². The largest absolute Gasteiger partial charge is 0.456 e. The van der Waals surface area contributed by atoms with Gasteiger partial charge in [-0.15, -0.1) is 11.8 Å². The van der Waals surface area contributed by atoms with Crippen molar-refractivity contribution >= 4 is 29.7 Å². The first kappa shape index (κ1) is 39.8. The van der Waals surface area contributed by atoms with Gasteiger partial charge in [-0.05, 0) is 11.1 Å². The summed E-state index contributed by atoms with van der Waals surface area (Å²) in [5.41, 5.74) is 2.12. The van der Waals surface area contributed by atoms with Crippen molar-refractivity contribution in [1.82, 2.24) is 0 Å². The van der Waals surface area contributed by atoms with Crippen LogP contribution in [0.1, 0.15) is 43.8 Å². The average molecular weight is 767 g/mol. The van der Waals surface area contributed by atoms with Crippen LogP contribution >= 0.6 is 11.8 Å². The van der Waals surface area contributed by atoms with Gasteiger partial charge in [-0.25, -0.2) is 0 Å². The number of esters is 3. The first-order valence-electron chi connectivity index (χ1n) is 17.8. The Balaban J connectivity index is 1.30. The molecule has 3 saturated heterocycles. The molecule has 6 rings (SSSR count). The molecule has 0 saturated carbocycles. The summed E-state index contributed by atoms with van der Waals surface area (Å²) in [5, 5.41) is 0. The highest BCUT2D eigenvalue weighted by Crippen LogP contribution is 2.41. The van der Waals surface area contributed by atoms with Crippen LogP contribution in [0.4, 0.5) is 0 Å². The highest BCUT2D eigenvalue weighted by atomic mass is 32.2. The second-order valence-corrected chi connectivity index (χ2v) is 14.2. The Kier molecular flexibility index (Phi) is 14.1. The van der Waals surface area contributed by atoms with E-state index in [-0.39, 0.29) is 25.6 Å². The molecule has 13 nitrogen and oxygen atoms in total. The Morgan fingerprint density at radius 3 is 1.76 bits per heavy atom. The fourth-order valence-electron chi connectivity index (χ4n) is 6.73. The molecule has 0 bridgehead atoms. The van der Waals surface area contributed by atoms with Gasteiger partial charge in [0.25, 0.3) is 0 Å². The number of hydrogen-bond acceptors (Lipinski definition) is 14. The SMILES string of the molecule is CO[C@H]1O[C@H](CS[C@@H]2O[C@@H]3CO[C@@H](c4ccccc4)O[C@H]3[C@H](OCc3ccccc3)[C@@H]2OCc2ccccc2)[C@@H](OC(C)=O)[C@H](OC(C)=O)[C@H]1OC(C)=O. The molecule has 11 atom stereocenters. The minimum atomic E-state index is -1.22. The van der Waals surface area contributed by atoms with Crippen molar-refractivity contribution in [2.24, 2.45) is 0 Å². The first-order chi connectivity index (χ1) is 26.2. The van der Waals surface area contributed by atoms with E-state index in [0.29, 0.717) is 0 Å². The van der Waals surface area contributed by atoms with Gasteiger partial charge < -0.3 is 47.4 Å². The van der Waals surface area contributed by atoms with Crippen LogP contribution in [-0.4, -0.2) is 97.9 Å². The molecule has 3 heterocycles.